The van der Waals surface area contributed by atoms with Crippen molar-refractivity contribution in [2.75, 3.05) is 31.7 Å². The highest BCUT2D eigenvalue weighted by molar-refractivity contribution is 6.33. The lowest BCUT2D eigenvalue weighted by molar-refractivity contribution is -0.122. The Kier molecular flexibility index (Phi) is 8.48. The van der Waals surface area contributed by atoms with Crippen molar-refractivity contribution in [1.29, 1.82) is 0 Å². The number of carbonyl (C=O) groups excluding carboxylic acids is 2. The van der Waals surface area contributed by atoms with E-state index in [9.17, 15) is 23.5 Å². The molecule has 2 aliphatic rings. The number of amides is 2. The topological polar surface area (TPSA) is 130 Å². The first-order valence-electron chi connectivity index (χ1n) is 12.8. The number of halogens is 3. The number of carbonyl (C=O) groups is 2. The predicted octanol–water partition coefficient (Wildman–Crippen LogP) is 3.53. The van der Waals surface area contributed by atoms with Gasteiger partial charge in [-0.1, -0.05) is 29.8 Å². The van der Waals surface area contributed by atoms with Gasteiger partial charge in [0.2, 0.25) is 11.9 Å². The molecule has 1 aromatic carbocycles. The van der Waals surface area contributed by atoms with Crippen LogP contribution in [0.5, 0.6) is 0 Å². The standard InChI is InChI=1S/C27H27ClF2N6O4/c28-19-11-31-27(32-17-6-8-40-9-7-17)35-24(19)15-4-5-16-12-36(26(39)18(16)10-15)13-23(38)34-22(14-37)20-2-1-3-21(33-20)25(29)30/h1-5,10-11,17,22,25,37H,6-9,12-14H2,(H,34,38)(H,31,32,35). The molecular formula is C27H27ClF2N6O4. The zero-order valence-electron chi connectivity index (χ0n) is 21.3. The van der Waals surface area contributed by atoms with Crippen LogP contribution in [0.1, 0.15) is 52.6 Å². The summed E-state index contributed by atoms with van der Waals surface area (Å²) in [5.74, 6) is -0.480. The lowest BCUT2D eigenvalue weighted by Crippen LogP contribution is -2.40. The number of hydrogen-bond acceptors (Lipinski definition) is 8. The predicted molar refractivity (Wildman–Crippen MR) is 142 cm³/mol. The first-order chi connectivity index (χ1) is 19.3. The molecule has 2 amide bonds. The highest BCUT2D eigenvalue weighted by Gasteiger charge is 2.30. The molecule has 10 nitrogen and oxygen atoms in total. The van der Waals surface area contributed by atoms with Crippen molar-refractivity contribution in [3.8, 4) is 11.3 Å². The number of aromatic nitrogens is 3. The SMILES string of the molecule is O=C(CN1Cc2ccc(-c3nc(NC4CCOCC4)ncc3Cl)cc2C1=O)NC(CO)c1cccc(C(F)F)n1. The minimum atomic E-state index is -2.78. The summed E-state index contributed by atoms with van der Waals surface area (Å²) in [5.41, 5.74) is 1.90. The molecule has 5 rings (SSSR count). The van der Waals surface area contributed by atoms with Crippen molar-refractivity contribution >= 4 is 29.4 Å². The van der Waals surface area contributed by atoms with Crippen molar-refractivity contribution in [1.82, 2.24) is 25.2 Å². The summed E-state index contributed by atoms with van der Waals surface area (Å²) in [6.07, 6.45) is 0.416. The van der Waals surface area contributed by atoms with E-state index in [2.05, 4.69) is 25.6 Å². The maximum absolute atomic E-state index is 13.2. The third-order valence-electron chi connectivity index (χ3n) is 6.79. The Morgan fingerprint density at radius 2 is 1.95 bits per heavy atom. The maximum Gasteiger partial charge on any atom is 0.280 e. The Labute approximate surface area is 233 Å². The number of nitrogens with one attached hydrogen (secondary N) is 2. The van der Waals surface area contributed by atoms with Crippen LogP contribution in [0.4, 0.5) is 14.7 Å². The summed E-state index contributed by atoms with van der Waals surface area (Å²) >= 11 is 6.41. The van der Waals surface area contributed by atoms with Gasteiger partial charge in [-0.2, -0.15) is 0 Å². The second-order valence-corrected chi connectivity index (χ2v) is 9.95. The van der Waals surface area contributed by atoms with E-state index in [0.717, 1.165) is 24.5 Å². The summed E-state index contributed by atoms with van der Waals surface area (Å²) in [6.45, 7) is 0.709. The van der Waals surface area contributed by atoms with Crippen LogP contribution in [0.25, 0.3) is 11.3 Å². The van der Waals surface area contributed by atoms with Crippen molar-refractivity contribution in [3.05, 3.63) is 70.1 Å². The Hall–Kier alpha value is -3.74. The molecule has 40 heavy (non-hydrogen) atoms. The van der Waals surface area contributed by atoms with E-state index in [4.69, 9.17) is 16.3 Å². The Morgan fingerprint density at radius 1 is 1.18 bits per heavy atom. The largest absolute Gasteiger partial charge is 0.394 e. The van der Waals surface area contributed by atoms with Crippen LogP contribution in [0.3, 0.4) is 0 Å². The van der Waals surface area contributed by atoms with Gasteiger partial charge in [0, 0.05) is 36.9 Å². The summed E-state index contributed by atoms with van der Waals surface area (Å²) in [4.78, 5) is 40.0. The van der Waals surface area contributed by atoms with Crippen LogP contribution in [-0.2, 0) is 16.1 Å². The number of rotatable bonds is 9. The Morgan fingerprint density at radius 3 is 2.70 bits per heavy atom. The molecule has 0 bridgehead atoms. The zero-order chi connectivity index (χ0) is 28.2. The van der Waals surface area contributed by atoms with E-state index >= 15 is 0 Å². The summed E-state index contributed by atoms with van der Waals surface area (Å²) in [5, 5.41) is 15.9. The van der Waals surface area contributed by atoms with E-state index in [-0.39, 0.29) is 30.7 Å². The van der Waals surface area contributed by atoms with Crippen molar-refractivity contribution in [2.24, 2.45) is 0 Å². The minimum Gasteiger partial charge on any atom is -0.394 e. The molecule has 2 aromatic heterocycles. The molecule has 0 radical (unpaired) electrons. The lowest BCUT2D eigenvalue weighted by atomic mass is 10.0. The van der Waals surface area contributed by atoms with E-state index < -0.39 is 30.7 Å². The molecule has 13 heteroatoms. The normalized spacial score (nSPS) is 16.2. The molecule has 4 heterocycles. The van der Waals surface area contributed by atoms with Crippen LogP contribution in [-0.4, -0.2) is 69.2 Å². The number of hydrogen-bond donors (Lipinski definition) is 3. The quantitative estimate of drug-likeness (QED) is 0.355. The Balaban J connectivity index is 1.27. The Bertz CT molecular complexity index is 1410. The van der Waals surface area contributed by atoms with Crippen molar-refractivity contribution in [3.63, 3.8) is 0 Å². The molecular weight excluding hydrogens is 546 g/mol. The molecule has 1 saturated heterocycles. The van der Waals surface area contributed by atoms with Crippen LogP contribution in [0, 0.1) is 0 Å². The monoisotopic (exact) mass is 572 g/mol. The second-order valence-electron chi connectivity index (χ2n) is 9.54. The van der Waals surface area contributed by atoms with E-state index in [1.165, 1.54) is 23.2 Å². The zero-order valence-corrected chi connectivity index (χ0v) is 22.1. The van der Waals surface area contributed by atoms with E-state index in [1.54, 1.807) is 12.1 Å². The van der Waals surface area contributed by atoms with Gasteiger partial charge in [0.15, 0.2) is 0 Å². The lowest BCUT2D eigenvalue weighted by Gasteiger charge is -2.23. The number of pyridine rings is 1. The summed E-state index contributed by atoms with van der Waals surface area (Å²) in [6, 6.07) is 8.47. The molecule has 0 aliphatic carbocycles. The molecule has 210 valence electrons. The molecule has 1 atom stereocenters. The fourth-order valence-electron chi connectivity index (χ4n) is 4.71. The van der Waals surface area contributed by atoms with Gasteiger partial charge in [-0.15, -0.1) is 0 Å². The minimum absolute atomic E-state index is 0.0988. The summed E-state index contributed by atoms with van der Waals surface area (Å²) < 4.78 is 31.4. The molecule has 0 saturated carbocycles. The fourth-order valence-corrected chi connectivity index (χ4v) is 4.91. The average molecular weight is 573 g/mol. The van der Waals surface area contributed by atoms with Gasteiger partial charge < -0.3 is 25.4 Å². The van der Waals surface area contributed by atoms with Gasteiger partial charge in [-0.25, -0.2) is 23.7 Å². The molecule has 0 spiro atoms. The van der Waals surface area contributed by atoms with Gasteiger partial charge in [0.1, 0.15) is 12.2 Å². The third-order valence-corrected chi connectivity index (χ3v) is 7.06. The van der Waals surface area contributed by atoms with Gasteiger partial charge in [-0.05, 0) is 36.6 Å². The number of fused-ring (bicyclic) bond motifs is 1. The number of ether oxygens (including phenoxy) is 1. The first kappa shape index (κ1) is 27.8. The van der Waals surface area contributed by atoms with Crippen molar-refractivity contribution in [2.45, 2.75) is 37.9 Å². The fraction of sp³-hybridized carbons (Fsp3) is 0.370. The van der Waals surface area contributed by atoms with Crippen LogP contribution in [0.2, 0.25) is 5.02 Å². The van der Waals surface area contributed by atoms with Crippen LogP contribution >= 0.6 is 11.6 Å². The van der Waals surface area contributed by atoms with Gasteiger partial charge in [0.05, 0.1) is 35.3 Å². The van der Waals surface area contributed by atoms with E-state index in [0.29, 0.717) is 41.0 Å². The molecule has 3 aromatic rings. The number of anilines is 1. The highest BCUT2D eigenvalue weighted by Crippen LogP contribution is 2.32. The molecule has 1 fully saturated rings. The van der Waals surface area contributed by atoms with Crippen LogP contribution in [0.15, 0.2) is 42.6 Å². The number of benzene rings is 1. The smallest absolute Gasteiger partial charge is 0.280 e. The van der Waals surface area contributed by atoms with Gasteiger partial charge >= 0.3 is 0 Å². The highest BCUT2D eigenvalue weighted by atomic mass is 35.5. The third kappa shape index (κ3) is 6.19. The van der Waals surface area contributed by atoms with Crippen molar-refractivity contribution < 1.29 is 28.2 Å². The second kappa shape index (κ2) is 12.2. The van der Waals surface area contributed by atoms with Gasteiger partial charge in [-0.3, -0.25) is 9.59 Å². The number of nitrogens with zero attached hydrogens (tertiary/aromatic N) is 4. The molecule has 1 unspecified atom stereocenters. The average Bonchev–Trinajstić information content (AvgIpc) is 3.27. The van der Waals surface area contributed by atoms with Gasteiger partial charge in [0.25, 0.3) is 12.3 Å². The first-order valence-corrected chi connectivity index (χ1v) is 13.1. The van der Waals surface area contributed by atoms with E-state index in [1.807, 2.05) is 6.07 Å². The van der Waals surface area contributed by atoms with Crippen LogP contribution < -0.4 is 10.6 Å². The number of aliphatic hydroxyl groups excluding tert-OH is 1. The maximum atomic E-state index is 13.2. The summed E-state index contributed by atoms with van der Waals surface area (Å²) in [7, 11) is 0. The number of alkyl halides is 2. The number of aliphatic hydroxyl groups is 1. The molecule has 2 aliphatic heterocycles. The molecule has 3 N–H and O–H groups in total.